The molecule has 0 spiro atoms. The van der Waals surface area contributed by atoms with E-state index in [-0.39, 0.29) is 12.8 Å². The van der Waals surface area contributed by atoms with Gasteiger partial charge in [-0.05, 0) is 70.6 Å². The summed E-state index contributed by atoms with van der Waals surface area (Å²) in [5.41, 5.74) is 0. The second-order valence-corrected chi connectivity index (χ2v) is 29.0. The minimum absolute atomic E-state index is 0.0236. The lowest BCUT2D eigenvalue weighted by Crippen LogP contribution is -2.69. The van der Waals surface area contributed by atoms with Crippen LogP contribution in [0.1, 0.15) is 187 Å². The summed E-state index contributed by atoms with van der Waals surface area (Å²) in [6, 6.07) is 0. The predicted octanol–water partition coefficient (Wildman–Crippen LogP) is 0.300. The maximum atomic E-state index is 14.4. The maximum absolute atomic E-state index is 14.4. The Morgan fingerprint density at radius 1 is 0.385 bits per heavy atom. The molecule has 4 heterocycles. The third-order valence-electron chi connectivity index (χ3n) is 19.1. The summed E-state index contributed by atoms with van der Waals surface area (Å²) in [6.45, 7) is -0.955. The molecule has 0 aromatic carbocycles. The molecule has 0 aromatic heterocycles. The van der Waals surface area contributed by atoms with Gasteiger partial charge in [0.05, 0.1) is 33.0 Å². The summed E-state index contributed by atoms with van der Waals surface area (Å²) in [5, 5.41) is 184. The number of carbonyl (C=O) groups excluding carboxylic acids is 2. The Hall–Kier alpha value is -2.73. The van der Waals surface area contributed by atoms with Crippen LogP contribution in [0.25, 0.3) is 0 Å². The molecular weight excluding hydrogens is 1400 g/mol. The molecule has 12 unspecified atom stereocenters. The van der Waals surface area contributed by atoms with Crippen molar-refractivity contribution in [1.29, 1.82) is 0 Å². The predicted molar refractivity (Wildman–Crippen MR) is 365 cm³/mol. The lowest BCUT2D eigenvalue weighted by molar-refractivity contribution is -0.365. The highest BCUT2D eigenvalue weighted by atomic mass is 31.2. The van der Waals surface area contributed by atoms with Gasteiger partial charge >= 0.3 is 19.8 Å². The van der Waals surface area contributed by atoms with Gasteiger partial charge in [0.25, 0.3) is 0 Å². The van der Waals surface area contributed by atoms with Gasteiger partial charge in [-0.25, -0.2) is 4.57 Å². The van der Waals surface area contributed by atoms with Crippen molar-refractivity contribution >= 4 is 19.8 Å². The molecule has 0 bridgehead atoms. The van der Waals surface area contributed by atoms with Gasteiger partial charge in [0, 0.05) is 12.8 Å². The number of aliphatic hydroxyl groups excluding tert-OH is 17. The minimum Gasteiger partial charge on any atom is -0.462 e. The van der Waals surface area contributed by atoms with Gasteiger partial charge in [0.2, 0.25) is 0 Å². The Kier molecular flexibility index (Phi) is 43.7. The molecule has 34 heteroatoms. The van der Waals surface area contributed by atoms with Gasteiger partial charge in [0.1, 0.15) is 141 Å². The molecule has 1 aliphatic carbocycles. The highest BCUT2D eigenvalue weighted by Gasteiger charge is 2.59. The molecule has 4 saturated heterocycles. The lowest BCUT2D eigenvalue weighted by Gasteiger charge is -2.49. The summed E-state index contributed by atoms with van der Waals surface area (Å²) in [7, 11) is -5.83. The first-order valence-electron chi connectivity index (χ1n) is 37.3. The molecule has 0 amide bonds. The smallest absolute Gasteiger partial charge is 0.462 e. The molecule has 33 nitrogen and oxygen atoms in total. The van der Waals surface area contributed by atoms with Crippen LogP contribution >= 0.6 is 7.82 Å². The minimum atomic E-state index is -5.83. The summed E-state index contributed by atoms with van der Waals surface area (Å²) in [4.78, 5) is 38.2. The van der Waals surface area contributed by atoms with Crippen LogP contribution in [-0.4, -0.2) is 309 Å². The highest BCUT2D eigenvalue weighted by molar-refractivity contribution is 7.47. The SMILES string of the molecule is CCCCCC/C=C\C/C=C\CCCCCCCC(=O)OC[C@H](COP(=O)(O)O[C@@H]1C(O[C@@H]2OC(CO[C@@H]3OC(CO[C@@H]4OC(CO)[C@H](O)C(O)[C@@H]4O)[C@H](O)C(O)[C@@H]3O)[C@H](O)C(O)[C@@H]2O)C(O)[C@@H](O)C(O)[C@H]1O[C@H]1OC(CO)[C@@H](O)C(O)[C@H]1O)OC(=O)CCCCCCC/C=C\CCCCCCCC. The van der Waals surface area contributed by atoms with Crippen molar-refractivity contribution in [1.82, 2.24) is 0 Å². The van der Waals surface area contributed by atoms with Gasteiger partial charge in [-0.1, -0.05) is 140 Å². The lowest BCUT2D eigenvalue weighted by atomic mass is 9.84. The fourth-order valence-corrected chi connectivity index (χ4v) is 13.6. The van der Waals surface area contributed by atoms with E-state index in [0.717, 1.165) is 77.0 Å². The number of esters is 2. The van der Waals surface area contributed by atoms with Crippen LogP contribution in [0.2, 0.25) is 0 Å². The average molecular weight is 1520 g/mol. The molecule has 28 atom stereocenters. The number of hydrogen-bond donors (Lipinski definition) is 18. The Morgan fingerprint density at radius 3 is 1.15 bits per heavy atom. The van der Waals surface area contributed by atoms with Crippen LogP contribution in [0.3, 0.4) is 0 Å². The quantitative estimate of drug-likeness (QED) is 0.0169. The Balaban J connectivity index is 1.29. The second-order valence-electron chi connectivity index (χ2n) is 27.6. The Bertz CT molecular complexity index is 2470. The van der Waals surface area contributed by atoms with Crippen LogP contribution in [0, 0.1) is 0 Å². The number of hydrogen-bond acceptors (Lipinski definition) is 32. The highest BCUT2D eigenvalue weighted by Crippen LogP contribution is 2.49. The van der Waals surface area contributed by atoms with Crippen molar-refractivity contribution in [2.75, 3.05) is 39.6 Å². The van der Waals surface area contributed by atoms with Gasteiger partial charge in [0.15, 0.2) is 31.3 Å². The Morgan fingerprint density at radius 2 is 0.721 bits per heavy atom. The number of carbonyl (C=O) groups is 2. The van der Waals surface area contributed by atoms with Crippen LogP contribution in [0.4, 0.5) is 0 Å². The van der Waals surface area contributed by atoms with E-state index in [4.69, 9.17) is 56.4 Å². The second kappa shape index (κ2) is 49.5. The average Bonchev–Trinajstić information content (AvgIpc) is 0.768. The van der Waals surface area contributed by atoms with Gasteiger partial charge in [-0.15, -0.1) is 0 Å². The number of phosphoric acid groups is 1. The number of phosphoric ester groups is 1. The number of ether oxygens (including phenoxy) is 10. The summed E-state index contributed by atoms with van der Waals surface area (Å²) in [6.07, 6.45) is -18.4. The van der Waals surface area contributed by atoms with Crippen molar-refractivity contribution in [3.05, 3.63) is 36.5 Å². The first-order valence-corrected chi connectivity index (χ1v) is 38.8. The monoisotopic (exact) mass is 1520 g/mol. The van der Waals surface area contributed by atoms with Crippen molar-refractivity contribution in [3.8, 4) is 0 Å². The van der Waals surface area contributed by atoms with E-state index in [1.807, 2.05) is 0 Å². The molecular formula is C70H123O33P. The fourth-order valence-electron chi connectivity index (χ4n) is 12.6. The maximum Gasteiger partial charge on any atom is 0.472 e. The van der Waals surface area contributed by atoms with Crippen molar-refractivity contribution in [2.24, 2.45) is 0 Å². The molecule has 5 rings (SSSR count). The molecule has 104 heavy (non-hydrogen) atoms. The zero-order valence-electron chi connectivity index (χ0n) is 60.0. The summed E-state index contributed by atoms with van der Waals surface area (Å²) >= 11 is 0. The van der Waals surface area contributed by atoms with E-state index in [9.17, 15) is 106 Å². The van der Waals surface area contributed by atoms with Crippen LogP contribution in [0.15, 0.2) is 36.5 Å². The molecule has 5 fully saturated rings. The number of aliphatic hydroxyl groups is 17. The zero-order chi connectivity index (χ0) is 76.3. The topological polar surface area (TPSA) is 526 Å². The van der Waals surface area contributed by atoms with Crippen LogP contribution in [-0.2, 0) is 70.6 Å². The van der Waals surface area contributed by atoms with Crippen molar-refractivity contribution in [3.63, 3.8) is 0 Å². The van der Waals surface area contributed by atoms with Crippen molar-refractivity contribution in [2.45, 2.75) is 353 Å². The molecule has 0 aromatic rings. The number of allylic oxidation sites excluding steroid dienone is 6. The van der Waals surface area contributed by atoms with Crippen LogP contribution < -0.4 is 0 Å². The van der Waals surface area contributed by atoms with Gasteiger partial charge in [-0.2, -0.15) is 0 Å². The van der Waals surface area contributed by atoms with Crippen LogP contribution in [0.5, 0.6) is 0 Å². The molecule has 4 aliphatic heterocycles. The standard InChI is InChI=1S/C70H123O33P/c1-3-5-7-9-11-13-15-17-19-21-22-24-26-28-30-32-34-47(73)92-38-42(96-48(74)35-33-31-29-27-25-23-20-18-16-14-12-10-8-6-4-2)39-95-104(90,91)103-66-64(101-69-62(88)54(80)50(76)44(37-72)98-69)58(84)57(83)59(85)65(66)102-70-63(89)56(82)52(78)46(100-70)41-94-68-61(87)55(81)51(77)45(99-68)40-93-67-60(86)53(79)49(75)43(36-71)97-67/h13,15,18-21,42-46,49-72,75-89H,3-12,14,16-17,22-41H2,1-2H3,(H,90,91)/b15-13-,20-18-,21-19-/t42-,43?,44?,45?,46?,49+,50-,51+,52+,53?,54?,55?,56?,57+,58?,59?,60+,61+,62-,63+,64-,65?,66+,67-,68-,69-,70+/m1/s1. The van der Waals surface area contributed by atoms with E-state index < -0.39 is 225 Å². The van der Waals surface area contributed by atoms with E-state index in [2.05, 4.69) is 50.3 Å². The fraction of sp³-hybridized carbons (Fsp3) is 0.886. The first kappa shape index (κ1) is 91.9. The molecule has 1 saturated carbocycles. The third kappa shape index (κ3) is 30.2. The van der Waals surface area contributed by atoms with Crippen molar-refractivity contribution < 1.29 is 162 Å². The van der Waals surface area contributed by atoms with E-state index in [0.29, 0.717) is 25.7 Å². The van der Waals surface area contributed by atoms with Gasteiger partial charge in [-0.3, -0.25) is 18.6 Å². The molecule has 0 radical (unpaired) electrons. The van der Waals surface area contributed by atoms with E-state index >= 15 is 0 Å². The Labute approximate surface area is 608 Å². The van der Waals surface area contributed by atoms with E-state index in [1.165, 1.54) is 57.8 Å². The molecule has 606 valence electrons. The number of rotatable bonds is 50. The summed E-state index contributed by atoms with van der Waals surface area (Å²) in [5.74, 6) is -1.47. The molecule has 5 aliphatic rings. The van der Waals surface area contributed by atoms with E-state index in [1.54, 1.807) is 0 Å². The normalized spacial score (nSPS) is 35.9. The third-order valence-corrected chi connectivity index (χ3v) is 20.1. The largest absolute Gasteiger partial charge is 0.472 e. The molecule has 18 N–H and O–H groups in total. The first-order chi connectivity index (χ1) is 49.8. The number of unbranched alkanes of at least 4 members (excludes halogenated alkanes) is 20. The van der Waals surface area contributed by atoms with Gasteiger partial charge < -0.3 is 139 Å². The zero-order valence-corrected chi connectivity index (χ0v) is 60.9. The summed E-state index contributed by atoms with van der Waals surface area (Å²) < 4.78 is 81.5.